The molecule has 3 N–H and O–H groups in total. The maximum absolute atomic E-state index is 12.4. The van der Waals surface area contributed by atoms with Crippen LogP contribution in [-0.4, -0.2) is 20.6 Å². The van der Waals surface area contributed by atoms with E-state index in [0.717, 1.165) is 43.2 Å². The predicted octanol–water partition coefficient (Wildman–Crippen LogP) is 7.93. The van der Waals surface area contributed by atoms with Crippen molar-refractivity contribution < 1.29 is 15.0 Å². The Morgan fingerprint density at radius 3 is 2.50 bits per heavy atom. The highest BCUT2D eigenvalue weighted by Gasteiger charge is 2.68. The lowest BCUT2D eigenvalue weighted by Gasteiger charge is -2.51. The van der Waals surface area contributed by atoms with Crippen molar-refractivity contribution in [2.24, 2.45) is 46.3 Å². The van der Waals surface area contributed by atoms with Gasteiger partial charge in [0.25, 0.3) is 5.69 Å². The van der Waals surface area contributed by atoms with E-state index >= 15 is 0 Å². The molecule has 3 saturated carbocycles. The summed E-state index contributed by atoms with van der Waals surface area (Å²) in [5, 5.41) is 35.3. The van der Waals surface area contributed by atoms with E-state index in [1.54, 1.807) is 0 Å². The number of nitrogens with zero attached hydrogens (tertiary/aromatic N) is 2. The second-order valence-electron chi connectivity index (χ2n) is 14.5. The number of nitrogens with one attached hydrogen (secondary N) is 2. The first-order chi connectivity index (χ1) is 19.8. The zero-order valence-electron chi connectivity index (χ0n) is 25.8. The number of hydrazine groups is 1. The summed E-state index contributed by atoms with van der Waals surface area (Å²) in [5.41, 5.74) is 5.22. The van der Waals surface area contributed by atoms with Gasteiger partial charge in [-0.1, -0.05) is 66.0 Å². The molecule has 0 radical (unpaired) electrons. The second kappa shape index (κ2) is 11.3. The number of benzene rings is 1. The maximum atomic E-state index is 12.4. The molecule has 1 aromatic rings. The van der Waals surface area contributed by atoms with Crippen LogP contribution in [0, 0.1) is 66.6 Å². The SMILES string of the molecule is CC(C)CCC[C@@H](C)[C@H]1CCC2C3C(=CNNc4ccc([N+](=O)[O-])cc4[N+](=O)[O-])[C@]4(O)C=CCC[C@]4(C)C3CC[C@@]21C. The minimum atomic E-state index is -1.09. The summed E-state index contributed by atoms with van der Waals surface area (Å²) in [4.78, 5) is 21.6. The third-order valence-corrected chi connectivity index (χ3v) is 12.0. The normalized spacial score (nSPS) is 36.8. The lowest BCUT2D eigenvalue weighted by Crippen LogP contribution is -2.47. The molecule has 0 aromatic heterocycles. The number of hydrogen-bond donors (Lipinski definition) is 3. The Bertz CT molecular complexity index is 1280. The van der Waals surface area contributed by atoms with Gasteiger partial charge < -0.3 is 10.5 Å². The van der Waals surface area contributed by atoms with E-state index < -0.39 is 15.4 Å². The molecule has 0 amide bonds. The van der Waals surface area contributed by atoms with Crippen LogP contribution in [0.25, 0.3) is 0 Å². The lowest BCUT2D eigenvalue weighted by atomic mass is 9.53. The minimum absolute atomic E-state index is 0.135. The third kappa shape index (κ3) is 4.91. The Hall–Kier alpha value is -2.94. The van der Waals surface area contributed by atoms with Gasteiger partial charge in [-0.05, 0) is 91.1 Å². The largest absolute Gasteiger partial charge is 0.381 e. The number of rotatable bonds is 10. The fraction of sp³-hybridized carbons (Fsp3) is 0.697. The van der Waals surface area contributed by atoms with Gasteiger partial charge in [0.05, 0.1) is 15.9 Å². The highest BCUT2D eigenvalue weighted by molar-refractivity contribution is 5.65. The van der Waals surface area contributed by atoms with Crippen LogP contribution < -0.4 is 10.9 Å². The number of hydrogen-bond acceptors (Lipinski definition) is 7. The Balaban J connectivity index is 1.45. The second-order valence-corrected chi connectivity index (χ2v) is 14.5. The van der Waals surface area contributed by atoms with Crippen molar-refractivity contribution in [3.63, 3.8) is 0 Å². The highest BCUT2D eigenvalue weighted by atomic mass is 16.6. The van der Waals surface area contributed by atoms with Crippen LogP contribution in [0.15, 0.2) is 42.1 Å². The van der Waals surface area contributed by atoms with E-state index in [-0.39, 0.29) is 33.8 Å². The summed E-state index contributed by atoms with van der Waals surface area (Å²) in [5.74, 6) is 3.13. The van der Waals surface area contributed by atoms with Crippen molar-refractivity contribution >= 4 is 17.1 Å². The zero-order valence-corrected chi connectivity index (χ0v) is 25.8. The van der Waals surface area contributed by atoms with Crippen LogP contribution in [-0.2, 0) is 0 Å². The third-order valence-electron chi connectivity index (χ3n) is 12.0. The molecule has 0 aliphatic heterocycles. The van der Waals surface area contributed by atoms with Gasteiger partial charge in [0.15, 0.2) is 0 Å². The molecule has 8 atom stereocenters. The van der Waals surface area contributed by atoms with Crippen LogP contribution in [0.2, 0.25) is 0 Å². The van der Waals surface area contributed by atoms with Crippen molar-refractivity contribution in [3.8, 4) is 0 Å². The monoisotopic (exact) mass is 580 g/mol. The Morgan fingerprint density at radius 1 is 1.05 bits per heavy atom. The van der Waals surface area contributed by atoms with Gasteiger partial charge in [0, 0.05) is 17.7 Å². The van der Waals surface area contributed by atoms with Crippen molar-refractivity contribution in [1.29, 1.82) is 0 Å². The number of anilines is 1. The first-order valence-corrected chi connectivity index (χ1v) is 15.9. The van der Waals surface area contributed by atoms with E-state index in [1.165, 1.54) is 44.2 Å². The van der Waals surface area contributed by atoms with Crippen molar-refractivity contribution in [2.45, 2.75) is 98.0 Å². The molecule has 230 valence electrons. The van der Waals surface area contributed by atoms with Gasteiger partial charge in [-0.25, -0.2) is 0 Å². The molecule has 0 spiro atoms. The van der Waals surface area contributed by atoms with Crippen molar-refractivity contribution in [1.82, 2.24) is 5.43 Å². The number of fused-ring (bicyclic) bond motifs is 5. The maximum Gasteiger partial charge on any atom is 0.300 e. The van der Waals surface area contributed by atoms with Gasteiger partial charge in [-0.15, -0.1) is 0 Å². The summed E-state index contributed by atoms with van der Waals surface area (Å²) < 4.78 is 0. The number of allylic oxidation sites excluding steroid dienone is 1. The van der Waals surface area contributed by atoms with Crippen molar-refractivity contribution in [3.05, 3.63) is 62.4 Å². The summed E-state index contributed by atoms with van der Waals surface area (Å²) in [6.45, 7) is 11.8. The molecule has 42 heavy (non-hydrogen) atoms. The van der Waals surface area contributed by atoms with Crippen LogP contribution in [0.3, 0.4) is 0 Å². The molecule has 3 unspecified atom stereocenters. The van der Waals surface area contributed by atoms with Crippen LogP contribution in [0.1, 0.15) is 92.4 Å². The van der Waals surface area contributed by atoms with E-state index in [4.69, 9.17) is 0 Å². The Morgan fingerprint density at radius 2 is 1.81 bits per heavy atom. The highest BCUT2D eigenvalue weighted by Crippen LogP contribution is 2.72. The summed E-state index contributed by atoms with van der Waals surface area (Å²) >= 11 is 0. The van der Waals surface area contributed by atoms with Crippen molar-refractivity contribution in [2.75, 3.05) is 5.43 Å². The standard InChI is InChI=1S/C33H48N4O5/c1-21(2)9-8-10-22(3)24-12-13-25-30-26(15-18-31(24,25)4)32(5)16-6-7-17-33(32,38)27(30)20-34-35-28-14-11-23(36(39)40)19-29(28)37(41)42/h7,11,14,17,19-22,24-26,30,34-35,38H,6,8-10,12-13,15-16,18H2,1-5H3/t22-,24-,25?,26?,30?,31-,32-,33-/m1/s1. The predicted molar refractivity (Wildman–Crippen MR) is 164 cm³/mol. The number of non-ortho nitro benzene ring substituents is 1. The number of aliphatic hydroxyl groups is 1. The van der Waals surface area contributed by atoms with E-state index in [1.807, 2.05) is 12.3 Å². The smallest absolute Gasteiger partial charge is 0.300 e. The zero-order chi connectivity index (χ0) is 30.4. The molecule has 0 saturated heterocycles. The average Bonchev–Trinajstić information content (AvgIpc) is 3.38. The van der Waals surface area contributed by atoms with Gasteiger partial charge in [0.1, 0.15) is 11.3 Å². The lowest BCUT2D eigenvalue weighted by molar-refractivity contribution is -0.393. The van der Waals surface area contributed by atoms with Gasteiger partial charge in [-0.2, -0.15) is 0 Å². The Labute approximate surface area is 249 Å². The molecule has 4 aliphatic rings. The number of nitro benzene ring substituents is 2. The van der Waals surface area contributed by atoms with E-state index in [0.29, 0.717) is 23.7 Å². The molecule has 9 heteroatoms. The van der Waals surface area contributed by atoms with Gasteiger partial charge in [0.2, 0.25) is 0 Å². The number of nitro groups is 2. The van der Waals surface area contributed by atoms with Crippen LogP contribution >= 0.6 is 0 Å². The average molecular weight is 581 g/mol. The quantitative estimate of drug-likeness (QED) is 0.145. The fourth-order valence-electron chi connectivity index (χ4n) is 9.77. The molecule has 4 aliphatic carbocycles. The molecular formula is C33H48N4O5. The Kier molecular flexibility index (Phi) is 8.20. The van der Waals surface area contributed by atoms with Crippen LogP contribution in [0.4, 0.5) is 17.1 Å². The summed E-state index contributed by atoms with van der Waals surface area (Å²) in [6.07, 6.45) is 16.3. The van der Waals surface area contributed by atoms with Crippen LogP contribution in [0.5, 0.6) is 0 Å². The summed E-state index contributed by atoms with van der Waals surface area (Å²) in [7, 11) is 0. The van der Waals surface area contributed by atoms with Gasteiger partial charge >= 0.3 is 5.69 Å². The van der Waals surface area contributed by atoms with E-state index in [9.17, 15) is 25.3 Å². The molecule has 5 rings (SSSR count). The minimum Gasteiger partial charge on any atom is -0.381 e. The molecule has 3 fully saturated rings. The fourth-order valence-corrected chi connectivity index (χ4v) is 9.77. The molecular weight excluding hydrogens is 532 g/mol. The first-order valence-electron chi connectivity index (χ1n) is 15.9. The summed E-state index contributed by atoms with van der Waals surface area (Å²) in [6, 6.07) is 3.56. The molecule has 1 aromatic carbocycles. The van der Waals surface area contributed by atoms with Gasteiger partial charge in [-0.3, -0.25) is 25.7 Å². The first kappa shape index (κ1) is 30.5. The van der Waals surface area contributed by atoms with E-state index in [2.05, 4.69) is 51.5 Å². The molecule has 9 nitrogen and oxygen atoms in total. The molecule has 0 bridgehead atoms. The topological polar surface area (TPSA) is 131 Å². The molecule has 0 heterocycles.